The molecule has 0 atom stereocenters. The predicted molar refractivity (Wildman–Crippen MR) is 71.9 cm³/mol. The zero-order valence-corrected chi connectivity index (χ0v) is 12.0. The molecule has 0 amide bonds. The number of carbonyl (C=O) groups excluding carboxylic acids is 1. The Labute approximate surface area is 128 Å². The van der Waals surface area contributed by atoms with Gasteiger partial charge in [-0.2, -0.15) is 21.6 Å². The van der Waals surface area contributed by atoms with Gasteiger partial charge in [-0.3, -0.25) is 4.79 Å². The van der Waals surface area contributed by atoms with E-state index in [1.165, 1.54) is 12.1 Å². The Kier molecular flexibility index (Phi) is 4.42. The Bertz CT molecular complexity index is 809. The molecule has 0 N–H and O–H groups in total. The molecule has 0 spiro atoms. The first-order chi connectivity index (χ1) is 10.6. The molecule has 2 rings (SSSR count). The van der Waals surface area contributed by atoms with E-state index in [2.05, 4.69) is 4.18 Å². The Morgan fingerprint density at radius 2 is 1.30 bits per heavy atom. The first kappa shape index (κ1) is 16.9. The molecule has 0 aliphatic heterocycles. The number of alkyl halides is 3. The van der Waals surface area contributed by atoms with E-state index >= 15 is 0 Å². The highest BCUT2D eigenvalue weighted by Crippen LogP contribution is 2.27. The van der Waals surface area contributed by atoms with Gasteiger partial charge in [-0.15, -0.1) is 0 Å². The smallest absolute Gasteiger partial charge is 0.376 e. The molecule has 0 aliphatic carbocycles. The van der Waals surface area contributed by atoms with Gasteiger partial charge in [-0.25, -0.2) is 4.39 Å². The van der Waals surface area contributed by atoms with Crippen molar-refractivity contribution in [2.45, 2.75) is 5.51 Å². The number of hydrogen-bond donors (Lipinski definition) is 0. The number of rotatable bonds is 4. The minimum absolute atomic E-state index is 0.0772. The summed E-state index contributed by atoms with van der Waals surface area (Å²) in [5, 5.41) is 0. The van der Waals surface area contributed by atoms with E-state index in [1.807, 2.05) is 0 Å². The van der Waals surface area contributed by atoms with Gasteiger partial charge < -0.3 is 4.18 Å². The largest absolute Gasteiger partial charge is 0.534 e. The molecule has 2 aromatic carbocycles. The van der Waals surface area contributed by atoms with E-state index in [9.17, 15) is 30.8 Å². The van der Waals surface area contributed by atoms with Crippen LogP contribution in [0.15, 0.2) is 48.5 Å². The van der Waals surface area contributed by atoms with Crippen LogP contribution in [-0.2, 0) is 10.1 Å². The second-order valence-corrected chi connectivity index (χ2v) is 5.88. The highest BCUT2D eigenvalue weighted by Gasteiger charge is 2.48. The molecule has 4 nitrogen and oxygen atoms in total. The molecule has 122 valence electrons. The third-order valence-corrected chi connectivity index (χ3v) is 3.69. The molecule has 2 aromatic rings. The van der Waals surface area contributed by atoms with Crippen LogP contribution in [0.1, 0.15) is 15.9 Å². The fourth-order valence-electron chi connectivity index (χ4n) is 1.60. The summed E-state index contributed by atoms with van der Waals surface area (Å²) in [6, 6.07) is 8.70. The van der Waals surface area contributed by atoms with Gasteiger partial charge in [0.2, 0.25) is 0 Å². The molecule has 0 bridgehead atoms. The molecule has 0 saturated heterocycles. The average molecular weight is 348 g/mol. The lowest BCUT2D eigenvalue weighted by molar-refractivity contribution is -0.0500. The van der Waals surface area contributed by atoms with Crippen LogP contribution in [0, 0.1) is 5.82 Å². The van der Waals surface area contributed by atoms with Crippen LogP contribution in [0.3, 0.4) is 0 Å². The number of benzene rings is 2. The van der Waals surface area contributed by atoms with Crippen molar-refractivity contribution < 1.29 is 35.0 Å². The monoisotopic (exact) mass is 348 g/mol. The highest BCUT2D eigenvalue weighted by atomic mass is 32.2. The van der Waals surface area contributed by atoms with Crippen LogP contribution in [-0.4, -0.2) is 19.7 Å². The topological polar surface area (TPSA) is 60.4 Å². The maximum Gasteiger partial charge on any atom is 0.534 e. The van der Waals surface area contributed by atoms with E-state index in [0.29, 0.717) is 0 Å². The molecule has 9 heteroatoms. The lowest BCUT2D eigenvalue weighted by atomic mass is 10.0. The van der Waals surface area contributed by atoms with Crippen LogP contribution in [0.5, 0.6) is 5.75 Å². The fraction of sp³-hybridized carbons (Fsp3) is 0.0714. The molecule has 0 fully saturated rings. The summed E-state index contributed by atoms with van der Waals surface area (Å²) in [4.78, 5) is 12.1. The standard InChI is InChI=1S/C14H8F4O4S/c15-11-5-1-9(2-6-11)13(19)10-3-7-12(8-4-10)22-23(20,21)14(16,17)18/h1-8H. The summed E-state index contributed by atoms with van der Waals surface area (Å²) in [7, 11) is -5.77. The number of carbonyl (C=O) groups is 1. The Hall–Kier alpha value is -2.42. The van der Waals surface area contributed by atoms with Crippen molar-refractivity contribution in [3.63, 3.8) is 0 Å². The van der Waals surface area contributed by atoms with Crippen molar-refractivity contribution in [3.05, 3.63) is 65.5 Å². The van der Waals surface area contributed by atoms with Gasteiger partial charge in [-0.1, -0.05) is 0 Å². The SMILES string of the molecule is O=C(c1ccc(F)cc1)c1ccc(OS(=O)(=O)C(F)(F)F)cc1. The summed E-state index contributed by atoms with van der Waals surface area (Å²) in [6.07, 6.45) is 0. The normalized spacial score (nSPS) is 12.0. The molecule has 0 unspecified atom stereocenters. The Morgan fingerprint density at radius 1 is 0.870 bits per heavy atom. The van der Waals surface area contributed by atoms with Crippen molar-refractivity contribution >= 4 is 15.9 Å². The predicted octanol–water partition coefficient (Wildman–Crippen LogP) is 3.29. The molecule has 23 heavy (non-hydrogen) atoms. The van der Waals surface area contributed by atoms with Gasteiger partial charge in [0, 0.05) is 11.1 Å². The number of hydrogen-bond acceptors (Lipinski definition) is 4. The minimum atomic E-state index is -5.77. The average Bonchev–Trinajstić information content (AvgIpc) is 2.46. The van der Waals surface area contributed by atoms with Crippen molar-refractivity contribution in [2.75, 3.05) is 0 Å². The zero-order chi connectivity index (χ0) is 17.3. The van der Waals surface area contributed by atoms with Crippen LogP contribution in [0.4, 0.5) is 17.6 Å². The van der Waals surface area contributed by atoms with Gasteiger partial charge >= 0.3 is 15.6 Å². The van der Waals surface area contributed by atoms with Crippen LogP contribution >= 0.6 is 0 Å². The van der Waals surface area contributed by atoms with E-state index in [0.717, 1.165) is 36.4 Å². The van der Waals surface area contributed by atoms with Gasteiger partial charge in [0.1, 0.15) is 11.6 Å². The Morgan fingerprint density at radius 3 is 1.74 bits per heavy atom. The lowest BCUT2D eigenvalue weighted by Gasteiger charge is -2.09. The van der Waals surface area contributed by atoms with E-state index < -0.39 is 33.0 Å². The summed E-state index contributed by atoms with van der Waals surface area (Å²) in [5.41, 5.74) is -5.30. The second-order valence-electron chi connectivity index (χ2n) is 4.34. The maximum absolute atomic E-state index is 12.8. The second kappa shape index (κ2) is 5.99. The molecule has 0 aliphatic rings. The van der Waals surface area contributed by atoms with Crippen LogP contribution in [0.2, 0.25) is 0 Å². The summed E-state index contributed by atoms with van der Waals surface area (Å²) in [6.45, 7) is 0. The summed E-state index contributed by atoms with van der Waals surface area (Å²) < 4.78 is 74.9. The molecule has 0 radical (unpaired) electrons. The minimum Gasteiger partial charge on any atom is -0.376 e. The van der Waals surface area contributed by atoms with E-state index in [4.69, 9.17) is 0 Å². The summed E-state index contributed by atoms with van der Waals surface area (Å²) in [5.74, 6) is -1.61. The van der Waals surface area contributed by atoms with E-state index in [1.54, 1.807) is 0 Å². The first-order valence-electron chi connectivity index (χ1n) is 6.01. The third-order valence-electron chi connectivity index (χ3n) is 2.71. The van der Waals surface area contributed by atoms with Crippen LogP contribution in [0.25, 0.3) is 0 Å². The number of ketones is 1. The summed E-state index contributed by atoms with van der Waals surface area (Å²) >= 11 is 0. The van der Waals surface area contributed by atoms with Crippen LogP contribution < -0.4 is 4.18 Å². The zero-order valence-electron chi connectivity index (χ0n) is 11.2. The molecular weight excluding hydrogens is 340 g/mol. The van der Waals surface area contributed by atoms with Crippen molar-refractivity contribution in [1.82, 2.24) is 0 Å². The maximum atomic E-state index is 12.8. The molecule has 0 aromatic heterocycles. The third kappa shape index (κ3) is 3.86. The quantitative estimate of drug-likeness (QED) is 0.368. The Balaban J connectivity index is 2.20. The van der Waals surface area contributed by atoms with Gasteiger partial charge in [0.05, 0.1) is 0 Å². The van der Waals surface area contributed by atoms with Gasteiger partial charge in [-0.05, 0) is 48.5 Å². The highest BCUT2D eigenvalue weighted by molar-refractivity contribution is 7.88. The fourth-order valence-corrected chi connectivity index (χ4v) is 2.06. The van der Waals surface area contributed by atoms with Gasteiger partial charge in [0.15, 0.2) is 5.78 Å². The van der Waals surface area contributed by atoms with Crippen molar-refractivity contribution in [3.8, 4) is 5.75 Å². The molecule has 0 heterocycles. The van der Waals surface area contributed by atoms with E-state index in [-0.39, 0.29) is 11.1 Å². The van der Waals surface area contributed by atoms with Crippen molar-refractivity contribution in [2.24, 2.45) is 0 Å². The van der Waals surface area contributed by atoms with Crippen molar-refractivity contribution in [1.29, 1.82) is 0 Å². The molecular formula is C14H8F4O4S. The first-order valence-corrected chi connectivity index (χ1v) is 7.42. The lowest BCUT2D eigenvalue weighted by Crippen LogP contribution is -2.28. The van der Waals surface area contributed by atoms with Gasteiger partial charge in [0.25, 0.3) is 0 Å². The number of halogens is 4. The molecule has 0 saturated carbocycles.